The Labute approximate surface area is 190 Å². The molecule has 9 nitrogen and oxygen atoms in total. The van der Waals surface area contributed by atoms with E-state index in [9.17, 15) is 19.5 Å². The van der Waals surface area contributed by atoms with E-state index in [0.717, 1.165) is 4.88 Å². The number of ether oxygens (including phenoxy) is 1. The fourth-order valence-electron chi connectivity index (χ4n) is 3.41. The molecule has 12 heteroatoms. The summed E-state index contributed by atoms with van der Waals surface area (Å²) in [5.74, 6) is -1.60. The van der Waals surface area contributed by atoms with Crippen LogP contribution in [0.5, 0.6) is 5.88 Å². The van der Waals surface area contributed by atoms with E-state index in [1.54, 1.807) is 6.20 Å². The number of thioether (sulfide) groups is 2. The van der Waals surface area contributed by atoms with Gasteiger partial charge in [-0.1, -0.05) is 6.07 Å². The molecule has 2 aliphatic heterocycles. The van der Waals surface area contributed by atoms with Crippen LogP contribution in [0.25, 0.3) is 0 Å². The molecule has 0 spiro atoms. The van der Waals surface area contributed by atoms with E-state index in [2.05, 4.69) is 15.3 Å². The van der Waals surface area contributed by atoms with Crippen molar-refractivity contribution < 1.29 is 24.2 Å². The number of aliphatic carboxylic acids is 1. The highest BCUT2D eigenvalue weighted by molar-refractivity contribution is 8.01. The Morgan fingerprint density at radius 1 is 1.39 bits per heavy atom. The molecule has 0 saturated carbocycles. The Morgan fingerprint density at radius 3 is 2.84 bits per heavy atom. The molecule has 0 bridgehead atoms. The van der Waals surface area contributed by atoms with Gasteiger partial charge in [0.15, 0.2) is 0 Å². The van der Waals surface area contributed by atoms with Gasteiger partial charge in [-0.15, -0.1) is 34.9 Å². The third-order valence-corrected chi connectivity index (χ3v) is 8.08. The van der Waals surface area contributed by atoms with Gasteiger partial charge in [-0.05, 0) is 11.4 Å². The predicted octanol–water partition coefficient (Wildman–Crippen LogP) is 2.14. The fourth-order valence-corrected chi connectivity index (χ4v) is 6.97. The Kier molecular flexibility index (Phi) is 6.21. The summed E-state index contributed by atoms with van der Waals surface area (Å²) in [5.41, 5.74) is 0.361. The van der Waals surface area contributed by atoms with Crippen molar-refractivity contribution in [3.05, 3.63) is 46.1 Å². The Morgan fingerprint density at radius 2 is 2.19 bits per heavy atom. The maximum Gasteiger partial charge on any atom is 0.352 e. The van der Waals surface area contributed by atoms with Gasteiger partial charge in [0.05, 0.1) is 19.5 Å². The molecule has 2 amide bonds. The predicted molar refractivity (Wildman–Crippen MR) is 117 cm³/mol. The third-order valence-electron chi connectivity index (χ3n) is 4.74. The average Bonchev–Trinajstić information content (AvgIpc) is 3.25. The Bertz CT molecular complexity index is 1060. The highest BCUT2D eigenvalue weighted by atomic mass is 32.2. The van der Waals surface area contributed by atoms with Gasteiger partial charge in [-0.2, -0.15) is 0 Å². The molecule has 162 valence electrons. The second-order valence-corrected chi connectivity index (χ2v) is 9.88. The number of carbonyl (C=O) groups is 3. The zero-order valence-corrected chi connectivity index (χ0v) is 18.9. The maximum atomic E-state index is 12.9. The van der Waals surface area contributed by atoms with Crippen LogP contribution >= 0.6 is 34.9 Å². The SMILES string of the molecule is COc1cncc(SCC2=C(C(=O)O)N3C(=O)C(c4cccs4)[C@H]3SC2NC(C)=O)n1. The minimum absolute atomic E-state index is 0.0799. The fraction of sp³-hybridized carbons (Fsp3) is 0.316. The van der Waals surface area contributed by atoms with Crippen LogP contribution in [0.1, 0.15) is 17.7 Å². The summed E-state index contributed by atoms with van der Waals surface area (Å²) in [6.45, 7) is 1.38. The second-order valence-electron chi connectivity index (χ2n) is 6.68. The number of rotatable bonds is 7. The first-order valence-electron chi connectivity index (χ1n) is 9.15. The normalized spacial score (nSPS) is 22.6. The lowest BCUT2D eigenvalue weighted by atomic mass is 9.94. The van der Waals surface area contributed by atoms with E-state index in [1.165, 1.54) is 60.0 Å². The van der Waals surface area contributed by atoms with Crippen molar-refractivity contribution in [2.24, 2.45) is 0 Å². The van der Waals surface area contributed by atoms with Crippen molar-refractivity contribution in [1.29, 1.82) is 0 Å². The van der Waals surface area contributed by atoms with Crippen molar-refractivity contribution in [3.63, 3.8) is 0 Å². The molecule has 1 saturated heterocycles. The van der Waals surface area contributed by atoms with Crippen LogP contribution in [0.15, 0.2) is 46.2 Å². The summed E-state index contributed by atoms with van der Waals surface area (Å²) in [4.78, 5) is 47.5. The number of amides is 2. The number of aromatic nitrogens is 2. The molecular weight excluding hydrogens is 460 g/mol. The lowest BCUT2D eigenvalue weighted by Crippen LogP contribution is -2.62. The summed E-state index contributed by atoms with van der Waals surface area (Å²) in [6.07, 6.45) is 3.01. The van der Waals surface area contributed by atoms with E-state index < -0.39 is 17.3 Å². The molecule has 1 fully saturated rings. The van der Waals surface area contributed by atoms with Crippen LogP contribution in [0.4, 0.5) is 0 Å². The Hall–Kier alpha value is -2.57. The number of carbonyl (C=O) groups excluding carboxylic acids is 2. The zero-order valence-electron chi connectivity index (χ0n) is 16.5. The molecule has 3 atom stereocenters. The molecule has 0 aliphatic carbocycles. The molecule has 0 radical (unpaired) electrons. The van der Waals surface area contributed by atoms with E-state index in [4.69, 9.17) is 4.74 Å². The number of β-lactam (4-membered cyclic amide) rings is 1. The maximum absolute atomic E-state index is 12.9. The van der Waals surface area contributed by atoms with Crippen LogP contribution in [0.2, 0.25) is 0 Å². The van der Waals surface area contributed by atoms with Gasteiger partial charge < -0.3 is 15.2 Å². The number of thiophene rings is 1. The first-order valence-corrected chi connectivity index (χ1v) is 12.0. The molecule has 2 N–H and O–H groups in total. The smallest absolute Gasteiger partial charge is 0.352 e. The molecule has 4 heterocycles. The molecule has 4 rings (SSSR count). The molecule has 2 aliphatic rings. The minimum atomic E-state index is -1.20. The number of methoxy groups -OCH3 is 1. The standard InChI is InChI=1S/C19H18N4O5S3/c1-9(24)21-16-10(8-30-13-7-20-6-12(22-13)28-2)15(19(26)27)23-17(25)14(18(23)31-16)11-4-3-5-29-11/h3-7,14,16,18H,8H2,1-2H3,(H,21,24)(H,26,27)/t14?,16?,18-/m1/s1. The summed E-state index contributed by atoms with van der Waals surface area (Å²) in [6, 6.07) is 3.73. The van der Waals surface area contributed by atoms with E-state index in [1.807, 2.05) is 17.5 Å². The topological polar surface area (TPSA) is 122 Å². The van der Waals surface area contributed by atoms with Crippen molar-refractivity contribution in [2.45, 2.75) is 28.6 Å². The lowest BCUT2D eigenvalue weighted by Gasteiger charge is -2.51. The molecule has 2 aromatic rings. The first-order chi connectivity index (χ1) is 14.9. The van der Waals surface area contributed by atoms with Crippen molar-refractivity contribution >= 4 is 52.6 Å². The summed E-state index contributed by atoms with van der Waals surface area (Å²) < 4.78 is 5.08. The van der Waals surface area contributed by atoms with E-state index in [-0.39, 0.29) is 28.6 Å². The summed E-state index contributed by atoms with van der Waals surface area (Å²) >= 11 is 4.10. The van der Waals surface area contributed by atoms with Crippen LogP contribution in [0, 0.1) is 0 Å². The molecule has 2 unspecified atom stereocenters. The Balaban J connectivity index is 1.67. The number of nitrogens with zero attached hydrogens (tertiary/aromatic N) is 3. The van der Waals surface area contributed by atoms with Gasteiger partial charge in [0.1, 0.15) is 27.4 Å². The van der Waals surface area contributed by atoms with Gasteiger partial charge in [-0.3, -0.25) is 19.5 Å². The number of hydrogen-bond donors (Lipinski definition) is 2. The average molecular weight is 479 g/mol. The molecule has 2 aromatic heterocycles. The van der Waals surface area contributed by atoms with Crippen LogP contribution in [-0.2, 0) is 14.4 Å². The van der Waals surface area contributed by atoms with E-state index in [0.29, 0.717) is 16.5 Å². The molecular formula is C19H18N4O5S3. The lowest BCUT2D eigenvalue weighted by molar-refractivity contribution is -0.148. The monoisotopic (exact) mass is 478 g/mol. The minimum Gasteiger partial charge on any atom is -0.480 e. The number of fused-ring (bicyclic) bond motifs is 1. The first kappa shape index (κ1) is 21.7. The third kappa shape index (κ3) is 4.14. The number of carboxylic acids is 1. The zero-order chi connectivity index (χ0) is 22.1. The van der Waals surface area contributed by atoms with Crippen LogP contribution < -0.4 is 10.1 Å². The highest BCUT2D eigenvalue weighted by Crippen LogP contribution is 2.51. The van der Waals surface area contributed by atoms with Crippen molar-refractivity contribution in [2.75, 3.05) is 12.9 Å². The highest BCUT2D eigenvalue weighted by Gasteiger charge is 2.56. The van der Waals surface area contributed by atoms with Gasteiger partial charge in [0.25, 0.3) is 0 Å². The molecule has 31 heavy (non-hydrogen) atoms. The molecule has 0 aromatic carbocycles. The quantitative estimate of drug-likeness (QED) is 0.455. The van der Waals surface area contributed by atoms with Gasteiger partial charge in [0.2, 0.25) is 17.7 Å². The number of hydrogen-bond acceptors (Lipinski definition) is 9. The second kappa shape index (κ2) is 8.89. The van der Waals surface area contributed by atoms with Gasteiger partial charge >= 0.3 is 5.97 Å². The number of nitrogens with one attached hydrogen (secondary N) is 1. The van der Waals surface area contributed by atoms with Gasteiger partial charge in [-0.25, -0.2) is 9.78 Å². The van der Waals surface area contributed by atoms with Gasteiger partial charge in [0, 0.05) is 23.1 Å². The summed E-state index contributed by atoms with van der Waals surface area (Å²) in [7, 11) is 1.48. The van der Waals surface area contributed by atoms with E-state index >= 15 is 0 Å². The van der Waals surface area contributed by atoms with Crippen molar-refractivity contribution in [1.82, 2.24) is 20.2 Å². The van der Waals surface area contributed by atoms with Crippen LogP contribution in [-0.4, -0.2) is 61.4 Å². The van der Waals surface area contributed by atoms with Crippen LogP contribution in [0.3, 0.4) is 0 Å². The van der Waals surface area contributed by atoms with Crippen molar-refractivity contribution in [3.8, 4) is 5.88 Å². The number of carboxylic acid groups (broad SMARTS) is 1. The largest absolute Gasteiger partial charge is 0.480 e. The summed E-state index contributed by atoms with van der Waals surface area (Å²) in [5, 5.41) is 14.3.